The normalized spacial score (nSPS) is 11.2. The third-order valence-corrected chi connectivity index (χ3v) is 3.36. The molecule has 0 aliphatic heterocycles. The summed E-state index contributed by atoms with van der Waals surface area (Å²) in [5.41, 5.74) is 1.69. The first-order chi connectivity index (χ1) is 9.61. The highest BCUT2D eigenvalue weighted by Crippen LogP contribution is 2.16. The lowest BCUT2D eigenvalue weighted by atomic mass is 10.2. The lowest BCUT2D eigenvalue weighted by molar-refractivity contribution is 0.0740. The van der Waals surface area contributed by atoms with Crippen molar-refractivity contribution in [1.29, 1.82) is 0 Å². The number of carbonyl (C=O) groups is 1. The molecule has 1 amide bonds. The third-order valence-electron chi connectivity index (χ3n) is 3.36. The molecule has 0 unspecified atom stereocenters. The number of hydrogen-bond donors (Lipinski definition) is 1. The van der Waals surface area contributed by atoms with Gasteiger partial charge in [0.15, 0.2) is 0 Å². The van der Waals surface area contributed by atoms with Crippen LogP contribution in [0.1, 0.15) is 23.8 Å². The van der Waals surface area contributed by atoms with Crippen LogP contribution in [0, 0.1) is 0 Å². The van der Waals surface area contributed by atoms with E-state index in [1.165, 1.54) is 0 Å². The van der Waals surface area contributed by atoms with Crippen LogP contribution in [0.2, 0.25) is 0 Å². The van der Waals surface area contributed by atoms with Crippen LogP contribution in [0.25, 0.3) is 10.9 Å². The highest BCUT2D eigenvalue weighted by molar-refractivity contribution is 5.98. The molecule has 108 valence electrons. The second-order valence-corrected chi connectivity index (χ2v) is 5.37. The molecule has 0 spiro atoms. The fraction of sp³-hybridized carbons (Fsp3) is 0.438. The van der Waals surface area contributed by atoms with Gasteiger partial charge in [0, 0.05) is 30.5 Å². The van der Waals surface area contributed by atoms with Gasteiger partial charge in [0.1, 0.15) is 5.69 Å². The molecular formula is C16H23N3O. The van der Waals surface area contributed by atoms with Gasteiger partial charge in [-0.3, -0.25) is 4.79 Å². The van der Waals surface area contributed by atoms with E-state index in [9.17, 15) is 4.79 Å². The molecule has 2 rings (SSSR count). The number of H-pyrrole nitrogens is 1. The van der Waals surface area contributed by atoms with Gasteiger partial charge in [-0.2, -0.15) is 0 Å². The molecule has 4 heteroatoms. The summed E-state index contributed by atoms with van der Waals surface area (Å²) in [4.78, 5) is 19.8. The molecule has 1 N–H and O–H groups in total. The Labute approximate surface area is 120 Å². The van der Waals surface area contributed by atoms with Crippen LogP contribution in [0.3, 0.4) is 0 Å². The van der Waals surface area contributed by atoms with Crippen molar-refractivity contribution in [3.8, 4) is 0 Å². The van der Waals surface area contributed by atoms with E-state index in [1.807, 2.05) is 49.3 Å². The zero-order valence-corrected chi connectivity index (χ0v) is 12.5. The number of para-hydroxylation sites is 1. The van der Waals surface area contributed by atoms with Crippen LogP contribution < -0.4 is 0 Å². The van der Waals surface area contributed by atoms with Gasteiger partial charge in [0.05, 0.1) is 0 Å². The summed E-state index contributed by atoms with van der Waals surface area (Å²) >= 11 is 0. The van der Waals surface area contributed by atoms with E-state index >= 15 is 0 Å². The Hall–Kier alpha value is -1.81. The number of likely N-dealkylation sites (N-methyl/N-ethyl adjacent to an activating group) is 1. The molecule has 0 aliphatic rings. The molecule has 0 saturated carbocycles. The van der Waals surface area contributed by atoms with Crippen molar-refractivity contribution in [2.75, 3.05) is 33.7 Å². The summed E-state index contributed by atoms with van der Waals surface area (Å²) in [6.07, 6.45) is 0.972. The average Bonchev–Trinajstić information content (AvgIpc) is 2.86. The fourth-order valence-electron chi connectivity index (χ4n) is 2.26. The van der Waals surface area contributed by atoms with E-state index in [0.29, 0.717) is 5.69 Å². The highest BCUT2D eigenvalue weighted by Gasteiger charge is 2.17. The van der Waals surface area contributed by atoms with Gasteiger partial charge in [0.25, 0.3) is 5.91 Å². The van der Waals surface area contributed by atoms with E-state index in [1.54, 1.807) is 0 Å². The van der Waals surface area contributed by atoms with E-state index < -0.39 is 0 Å². The van der Waals surface area contributed by atoms with Crippen molar-refractivity contribution in [2.24, 2.45) is 0 Å². The van der Waals surface area contributed by atoms with Gasteiger partial charge < -0.3 is 14.8 Å². The lowest BCUT2D eigenvalue weighted by Gasteiger charge is -2.23. The van der Waals surface area contributed by atoms with Crippen LogP contribution in [0.4, 0.5) is 0 Å². The Balaban J connectivity index is 2.17. The summed E-state index contributed by atoms with van der Waals surface area (Å²) < 4.78 is 0. The molecule has 0 saturated heterocycles. The van der Waals surface area contributed by atoms with Gasteiger partial charge in [-0.1, -0.05) is 25.1 Å². The summed E-state index contributed by atoms with van der Waals surface area (Å²) in [5.74, 6) is 0.0879. The number of aromatic amines is 1. The molecule has 1 aromatic carbocycles. The maximum absolute atomic E-state index is 12.6. The molecule has 4 nitrogen and oxygen atoms in total. The zero-order chi connectivity index (χ0) is 14.5. The van der Waals surface area contributed by atoms with Gasteiger partial charge >= 0.3 is 0 Å². The van der Waals surface area contributed by atoms with E-state index in [0.717, 1.165) is 37.0 Å². The second kappa shape index (κ2) is 6.57. The van der Waals surface area contributed by atoms with Crippen molar-refractivity contribution in [3.05, 3.63) is 36.0 Å². The monoisotopic (exact) mass is 273 g/mol. The van der Waals surface area contributed by atoms with Crippen LogP contribution >= 0.6 is 0 Å². The molecule has 0 bridgehead atoms. The highest BCUT2D eigenvalue weighted by atomic mass is 16.2. The largest absolute Gasteiger partial charge is 0.351 e. The molecule has 0 fully saturated rings. The maximum Gasteiger partial charge on any atom is 0.270 e. The van der Waals surface area contributed by atoms with Crippen molar-refractivity contribution in [2.45, 2.75) is 13.3 Å². The fourth-order valence-corrected chi connectivity index (χ4v) is 2.26. The van der Waals surface area contributed by atoms with Crippen molar-refractivity contribution in [1.82, 2.24) is 14.8 Å². The first-order valence-electron chi connectivity index (χ1n) is 7.13. The lowest BCUT2D eigenvalue weighted by Crippen LogP contribution is -2.37. The predicted molar refractivity (Wildman–Crippen MR) is 83.0 cm³/mol. The number of nitrogens with one attached hydrogen (secondary N) is 1. The number of benzene rings is 1. The third kappa shape index (κ3) is 3.39. The van der Waals surface area contributed by atoms with E-state index in [-0.39, 0.29) is 5.91 Å². The van der Waals surface area contributed by atoms with E-state index in [2.05, 4.69) is 16.8 Å². The SMILES string of the molecule is CCCN(CCN(C)C)C(=O)c1cc2ccccc2[nH]1. The van der Waals surface area contributed by atoms with Gasteiger partial charge in [-0.15, -0.1) is 0 Å². The minimum Gasteiger partial charge on any atom is -0.351 e. The van der Waals surface area contributed by atoms with Crippen molar-refractivity contribution in [3.63, 3.8) is 0 Å². The Kier molecular flexibility index (Phi) is 4.79. The number of carbonyl (C=O) groups excluding carboxylic acids is 1. The van der Waals surface area contributed by atoms with E-state index in [4.69, 9.17) is 0 Å². The minimum atomic E-state index is 0.0879. The van der Waals surface area contributed by atoms with Crippen molar-refractivity contribution >= 4 is 16.8 Å². The molecular weight excluding hydrogens is 250 g/mol. The molecule has 0 radical (unpaired) electrons. The summed E-state index contributed by atoms with van der Waals surface area (Å²) in [6.45, 7) is 4.53. The van der Waals surface area contributed by atoms with Crippen LogP contribution in [0.5, 0.6) is 0 Å². The second-order valence-electron chi connectivity index (χ2n) is 5.37. The minimum absolute atomic E-state index is 0.0879. The Morgan fingerprint density at radius 2 is 1.90 bits per heavy atom. The van der Waals surface area contributed by atoms with Gasteiger partial charge in [-0.05, 0) is 32.6 Å². The van der Waals surface area contributed by atoms with Crippen LogP contribution in [-0.2, 0) is 0 Å². The summed E-state index contributed by atoms with van der Waals surface area (Å²) in [5, 5.41) is 1.08. The van der Waals surface area contributed by atoms with Crippen LogP contribution in [0.15, 0.2) is 30.3 Å². The molecule has 20 heavy (non-hydrogen) atoms. The smallest absolute Gasteiger partial charge is 0.270 e. The van der Waals surface area contributed by atoms with Crippen molar-refractivity contribution < 1.29 is 4.79 Å². The van der Waals surface area contributed by atoms with Gasteiger partial charge in [-0.25, -0.2) is 0 Å². The molecule has 2 aromatic rings. The topological polar surface area (TPSA) is 39.3 Å². The number of aromatic nitrogens is 1. The number of amides is 1. The first kappa shape index (κ1) is 14.6. The standard InChI is InChI=1S/C16H23N3O/c1-4-9-19(11-10-18(2)3)16(20)15-12-13-7-5-6-8-14(13)17-15/h5-8,12,17H,4,9-11H2,1-3H3. The Morgan fingerprint density at radius 3 is 2.55 bits per heavy atom. The quantitative estimate of drug-likeness (QED) is 0.878. The van der Waals surface area contributed by atoms with Crippen LogP contribution in [-0.4, -0.2) is 54.4 Å². The number of hydrogen-bond acceptors (Lipinski definition) is 2. The average molecular weight is 273 g/mol. The zero-order valence-electron chi connectivity index (χ0n) is 12.5. The molecule has 1 heterocycles. The molecule has 0 atom stereocenters. The Bertz CT molecular complexity index is 541. The Morgan fingerprint density at radius 1 is 1.15 bits per heavy atom. The number of fused-ring (bicyclic) bond motifs is 1. The number of nitrogens with zero attached hydrogens (tertiary/aromatic N) is 2. The van der Waals surface area contributed by atoms with Gasteiger partial charge in [0.2, 0.25) is 0 Å². The molecule has 1 aromatic heterocycles. The predicted octanol–water partition coefficient (Wildman–Crippen LogP) is 2.58. The first-order valence-corrected chi connectivity index (χ1v) is 7.13. The maximum atomic E-state index is 12.6. The summed E-state index contributed by atoms with van der Waals surface area (Å²) in [7, 11) is 4.05. The summed E-state index contributed by atoms with van der Waals surface area (Å²) in [6, 6.07) is 9.92. The number of rotatable bonds is 6. The molecule has 0 aliphatic carbocycles.